The van der Waals surface area contributed by atoms with Crippen LogP contribution in [0.25, 0.3) is 6.08 Å². The van der Waals surface area contributed by atoms with E-state index in [0.717, 1.165) is 9.13 Å². The Bertz CT molecular complexity index is 908. The molecule has 0 N–H and O–H groups in total. The van der Waals surface area contributed by atoms with E-state index in [1.54, 1.807) is 44.6 Å². The van der Waals surface area contributed by atoms with Gasteiger partial charge in [-0.2, -0.15) is 0 Å². The van der Waals surface area contributed by atoms with Crippen molar-refractivity contribution >= 4 is 52.1 Å². The highest BCUT2D eigenvalue weighted by Gasteiger charge is 2.25. The van der Waals surface area contributed by atoms with Crippen molar-refractivity contribution < 1.29 is 19.0 Å². The second kappa shape index (κ2) is 7.45. The molecular weight excluding hydrogens is 457 g/mol. The molecule has 128 valence electrons. The fraction of sp³-hybridized carbons (Fsp3) is 0.111. The third kappa shape index (κ3) is 3.80. The Hall–Kier alpha value is -2.06. The first kappa shape index (κ1) is 17.8. The highest BCUT2D eigenvalue weighted by atomic mass is 127. The molecule has 0 fully saturated rings. The Kier molecular flexibility index (Phi) is 5.29. The summed E-state index contributed by atoms with van der Waals surface area (Å²) in [4.78, 5) is 16.4. The van der Waals surface area contributed by atoms with Gasteiger partial charge in [0.1, 0.15) is 0 Å². The first-order valence-corrected chi connectivity index (χ1v) is 8.67. The second-order valence-corrected chi connectivity index (χ2v) is 6.73. The highest BCUT2D eigenvalue weighted by Crippen LogP contribution is 2.30. The molecule has 1 aliphatic heterocycles. The quantitative estimate of drug-likeness (QED) is 0.380. The van der Waals surface area contributed by atoms with Crippen molar-refractivity contribution in [2.75, 3.05) is 14.2 Å². The maximum absolute atomic E-state index is 12.1. The molecule has 1 heterocycles. The third-order valence-corrected chi connectivity index (χ3v) is 4.49. The van der Waals surface area contributed by atoms with Crippen molar-refractivity contribution in [3.63, 3.8) is 0 Å². The van der Waals surface area contributed by atoms with Gasteiger partial charge in [0.05, 0.1) is 24.8 Å². The minimum Gasteiger partial charge on any atom is -0.493 e. The number of cyclic esters (lactones) is 1. The first-order valence-electron chi connectivity index (χ1n) is 7.22. The molecule has 1 aliphatic rings. The normalized spacial score (nSPS) is 15.1. The number of benzene rings is 2. The minimum absolute atomic E-state index is 0.192. The molecule has 5 nitrogen and oxygen atoms in total. The lowest BCUT2D eigenvalue weighted by Crippen LogP contribution is -2.06. The lowest BCUT2D eigenvalue weighted by atomic mass is 10.1. The summed E-state index contributed by atoms with van der Waals surface area (Å²) in [7, 11) is 3.11. The van der Waals surface area contributed by atoms with Gasteiger partial charge < -0.3 is 14.2 Å². The fourth-order valence-corrected chi connectivity index (χ4v) is 2.98. The molecule has 2 aromatic carbocycles. The minimum atomic E-state index is -0.528. The van der Waals surface area contributed by atoms with E-state index in [4.69, 9.17) is 25.8 Å². The topological polar surface area (TPSA) is 57.1 Å². The number of esters is 1. The van der Waals surface area contributed by atoms with Gasteiger partial charge in [0.15, 0.2) is 17.2 Å². The van der Waals surface area contributed by atoms with Crippen molar-refractivity contribution in [2.24, 2.45) is 4.99 Å². The van der Waals surface area contributed by atoms with Crippen molar-refractivity contribution in [2.45, 2.75) is 0 Å². The van der Waals surface area contributed by atoms with Crippen LogP contribution in [0.1, 0.15) is 11.1 Å². The van der Waals surface area contributed by atoms with Crippen LogP contribution in [0.5, 0.6) is 11.5 Å². The summed E-state index contributed by atoms with van der Waals surface area (Å²) in [5.41, 5.74) is 1.51. The molecule has 0 bridgehead atoms. The molecular formula is C18H13ClINO4. The predicted octanol–water partition coefficient (Wildman–Crippen LogP) is 4.31. The van der Waals surface area contributed by atoms with Crippen molar-refractivity contribution in [1.29, 1.82) is 0 Å². The average molecular weight is 470 g/mol. The smallest absolute Gasteiger partial charge is 0.363 e. The van der Waals surface area contributed by atoms with Gasteiger partial charge in [-0.15, -0.1) is 0 Å². The van der Waals surface area contributed by atoms with E-state index in [1.807, 2.05) is 12.1 Å². The number of hydrogen-bond donors (Lipinski definition) is 0. The van der Waals surface area contributed by atoms with Crippen LogP contribution in [0, 0.1) is 3.57 Å². The number of methoxy groups -OCH3 is 2. The molecule has 0 aliphatic carbocycles. The Morgan fingerprint density at radius 3 is 2.60 bits per heavy atom. The predicted molar refractivity (Wildman–Crippen MR) is 104 cm³/mol. The summed E-state index contributed by atoms with van der Waals surface area (Å²) in [6.07, 6.45) is 1.62. The van der Waals surface area contributed by atoms with Crippen LogP contribution in [0.2, 0.25) is 5.02 Å². The van der Waals surface area contributed by atoms with Crippen molar-refractivity contribution in [3.8, 4) is 11.5 Å². The zero-order valence-corrected chi connectivity index (χ0v) is 16.3. The van der Waals surface area contributed by atoms with Gasteiger partial charge in [0.2, 0.25) is 5.90 Å². The van der Waals surface area contributed by atoms with Gasteiger partial charge in [-0.25, -0.2) is 9.79 Å². The Morgan fingerprint density at radius 1 is 1.12 bits per heavy atom. The maximum Gasteiger partial charge on any atom is 0.363 e. The van der Waals surface area contributed by atoms with Crippen LogP contribution >= 0.6 is 34.2 Å². The molecule has 0 spiro atoms. The number of carbonyl (C=O) groups is 1. The monoisotopic (exact) mass is 469 g/mol. The number of nitrogens with zero attached hydrogens (tertiary/aromatic N) is 1. The highest BCUT2D eigenvalue weighted by molar-refractivity contribution is 14.1. The van der Waals surface area contributed by atoms with Crippen LogP contribution in [-0.2, 0) is 9.53 Å². The van der Waals surface area contributed by atoms with Gasteiger partial charge in [-0.1, -0.05) is 17.7 Å². The molecule has 0 unspecified atom stereocenters. The molecule has 0 saturated heterocycles. The van der Waals surface area contributed by atoms with Crippen molar-refractivity contribution in [1.82, 2.24) is 0 Å². The van der Waals surface area contributed by atoms with E-state index in [0.29, 0.717) is 22.1 Å². The lowest BCUT2D eigenvalue weighted by molar-refractivity contribution is -0.129. The molecule has 2 aromatic rings. The summed E-state index contributed by atoms with van der Waals surface area (Å²) in [6, 6.07) is 10.7. The summed E-state index contributed by atoms with van der Waals surface area (Å²) in [5.74, 6) is 0.835. The lowest BCUT2D eigenvalue weighted by Gasteiger charge is -2.07. The maximum atomic E-state index is 12.1. The molecule has 3 rings (SSSR count). The summed E-state index contributed by atoms with van der Waals surface area (Å²) in [6.45, 7) is 0. The number of aliphatic imine (C=N–C) groups is 1. The number of rotatable bonds is 4. The Morgan fingerprint density at radius 2 is 1.88 bits per heavy atom. The van der Waals surface area contributed by atoms with Crippen LogP contribution in [-0.4, -0.2) is 26.1 Å². The molecule has 0 atom stereocenters. The zero-order valence-electron chi connectivity index (χ0n) is 13.4. The molecule has 0 amide bonds. The summed E-state index contributed by atoms with van der Waals surface area (Å²) in [5, 5.41) is 0.472. The first-order chi connectivity index (χ1) is 12.0. The third-order valence-electron chi connectivity index (χ3n) is 3.49. The Balaban J connectivity index is 1.97. The second-order valence-electron chi connectivity index (χ2n) is 5.07. The van der Waals surface area contributed by atoms with Crippen LogP contribution in [0.3, 0.4) is 0 Å². The average Bonchev–Trinajstić information content (AvgIpc) is 2.97. The van der Waals surface area contributed by atoms with Crippen molar-refractivity contribution in [3.05, 3.63) is 61.8 Å². The molecule has 0 radical (unpaired) electrons. The van der Waals surface area contributed by atoms with Crippen LogP contribution < -0.4 is 9.47 Å². The van der Waals surface area contributed by atoms with Gasteiger partial charge in [-0.05, 0) is 64.6 Å². The van der Waals surface area contributed by atoms with E-state index in [9.17, 15) is 4.79 Å². The van der Waals surface area contributed by atoms with Crippen LogP contribution in [0.15, 0.2) is 47.1 Å². The van der Waals surface area contributed by atoms with Gasteiger partial charge in [0.25, 0.3) is 0 Å². The van der Waals surface area contributed by atoms with E-state index in [-0.39, 0.29) is 11.6 Å². The zero-order chi connectivity index (χ0) is 18.0. The van der Waals surface area contributed by atoms with Gasteiger partial charge >= 0.3 is 5.97 Å². The van der Waals surface area contributed by atoms with E-state index < -0.39 is 5.97 Å². The molecule has 7 heteroatoms. The molecule has 0 aromatic heterocycles. The molecule has 0 saturated carbocycles. The van der Waals surface area contributed by atoms with E-state index in [2.05, 4.69) is 27.6 Å². The number of carbonyl (C=O) groups excluding carboxylic acids is 1. The largest absolute Gasteiger partial charge is 0.493 e. The summed E-state index contributed by atoms with van der Waals surface area (Å²) >= 11 is 8.34. The van der Waals surface area contributed by atoms with Gasteiger partial charge in [0, 0.05) is 3.57 Å². The van der Waals surface area contributed by atoms with E-state index >= 15 is 0 Å². The summed E-state index contributed by atoms with van der Waals surface area (Å²) < 4.78 is 16.7. The fourth-order valence-electron chi connectivity index (χ4n) is 2.29. The van der Waals surface area contributed by atoms with Gasteiger partial charge in [-0.3, -0.25) is 0 Å². The van der Waals surface area contributed by atoms with E-state index in [1.165, 1.54) is 0 Å². The number of halogens is 2. The Labute approximate surface area is 163 Å². The molecule has 25 heavy (non-hydrogen) atoms. The van der Waals surface area contributed by atoms with Crippen LogP contribution in [0.4, 0.5) is 0 Å². The number of hydrogen-bond acceptors (Lipinski definition) is 5. The SMILES string of the molecule is COc1ccc(/C=C2/N=C(c3cc(I)ccc3Cl)OC2=O)cc1OC. The number of ether oxygens (including phenoxy) is 3. The standard InChI is InChI=1S/C18H13ClINO4/c1-23-15-6-3-10(8-16(15)24-2)7-14-18(22)25-17(21-14)12-9-11(20)4-5-13(12)19/h3-9H,1-2H3/b14-7+.